The van der Waals surface area contributed by atoms with Crippen molar-refractivity contribution in [2.24, 2.45) is 0 Å². The first-order chi connectivity index (χ1) is 12.5. The number of nitrogens with two attached hydrogens (primary N) is 1. The highest BCUT2D eigenvalue weighted by molar-refractivity contribution is 9.10. The predicted octanol–water partition coefficient (Wildman–Crippen LogP) is 3.20. The van der Waals surface area contributed by atoms with Gasteiger partial charge in [0.25, 0.3) is 0 Å². The van der Waals surface area contributed by atoms with Gasteiger partial charge in [-0.05, 0) is 49.0 Å². The molecule has 26 heavy (non-hydrogen) atoms. The van der Waals surface area contributed by atoms with Gasteiger partial charge < -0.3 is 15.2 Å². The van der Waals surface area contributed by atoms with E-state index in [1.54, 1.807) is 12.4 Å². The zero-order chi connectivity index (χ0) is 18.3. The van der Waals surface area contributed by atoms with Crippen molar-refractivity contribution >= 4 is 39.0 Å². The summed E-state index contributed by atoms with van der Waals surface area (Å²) in [4.78, 5) is 24.8. The van der Waals surface area contributed by atoms with Gasteiger partial charge in [-0.3, -0.25) is 0 Å². The molecule has 8 nitrogen and oxygen atoms in total. The Hall–Kier alpha value is -2.29. The van der Waals surface area contributed by atoms with Gasteiger partial charge in [0.05, 0.1) is 0 Å². The van der Waals surface area contributed by atoms with Crippen molar-refractivity contribution in [2.75, 3.05) is 23.7 Å². The van der Waals surface area contributed by atoms with Crippen LogP contribution in [0.1, 0.15) is 39.2 Å². The monoisotopic (exact) mass is 416 g/mol. The second-order valence-electron chi connectivity index (χ2n) is 6.77. The van der Waals surface area contributed by atoms with Crippen molar-refractivity contribution < 1.29 is 0 Å². The van der Waals surface area contributed by atoms with Gasteiger partial charge in [0.1, 0.15) is 11.2 Å². The van der Waals surface area contributed by atoms with Crippen molar-refractivity contribution in [1.82, 2.24) is 29.5 Å². The summed E-state index contributed by atoms with van der Waals surface area (Å²) in [5.74, 6) is 0.975. The van der Waals surface area contributed by atoms with Crippen LogP contribution in [-0.4, -0.2) is 42.6 Å². The van der Waals surface area contributed by atoms with Gasteiger partial charge in [0, 0.05) is 37.1 Å². The fourth-order valence-electron chi connectivity index (χ4n) is 3.29. The number of nitrogens with zero attached hydrogens (tertiary/aromatic N) is 7. The molecule has 1 aliphatic heterocycles. The Labute approximate surface area is 160 Å². The summed E-state index contributed by atoms with van der Waals surface area (Å²) in [5, 5.41) is 0. The molecule has 0 aromatic carbocycles. The molecule has 0 unspecified atom stereocenters. The second kappa shape index (κ2) is 6.79. The summed E-state index contributed by atoms with van der Waals surface area (Å²) < 4.78 is 2.82. The molecule has 0 spiro atoms. The Morgan fingerprint density at radius 2 is 1.73 bits per heavy atom. The Balaban J connectivity index is 1.95. The first kappa shape index (κ1) is 17.1. The third-order valence-electron chi connectivity index (χ3n) is 4.59. The van der Waals surface area contributed by atoms with Crippen LogP contribution in [0.15, 0.2) is 17.1 Å². The van der Waals surface area contributed by atoms with Crippen LogP contribution in [0.25, 0.3) is 22.4 Å². The minimum atomic E-state index is 0.217. The highest BCUT2D eigenvalue weighted by Crippen LogP contribution is 2.32. The van der Waals surface area contributed by atoms with E-state index in [0.29, 0.717) is 0 Å². The van der Waals surface area contributed by atoms with E-state index >= 15 is 0 Å². The number of imidazole rings is 1. The molecule has 0 aliphatic carbocycles. The molecule has 1 fully saturated rings. The number of rotatable bonds is 3. The van der Waals surface area contributed by atoms with Crippen LogP contribution in [-0.2, 0) is 0 Å². The number of hydrogen-bond donors (Lipinski definition) is 1. The zero-order valence-electron chi connectivity index (χ0n) is 14.9. The summed E-state index contributed by atoms with van der Waals surface area (Å²) in [6.45, 7) is 6.17. The lowest BCUT2D eigenvalue weighted by Crippen LogP contribution is -2.31. The lowest BCUT2D eigenvalue weighted by atomic mass is 10.1. The van der Waals surface area contributed by atoms with Crippen molar-refractivity contribution in [2.45, 2.75) is 39.2 Å². The first-order valence-electron chi connectivity index (χ1n) is 8.83. The average Bonchev–Trinajstić information content (AvgIpc) is 2.98. The van der Waals surface area contributed by atoms with Crippen LogP contribution < -0.4 is 10.6 Å². The lowest BCUT2D eigenvalue weighted by Gasteiger charge is -2.27. The zero-order valence-corrected chi connectivity index (χ0v) is 16.4. The Bertz CT molecular complexity index is 928. The van der Waals surface area contributed by atoms with Crippen LogP contribution in [0.3, 0.4) is 0 Å². The molecule has 0 radical (unpaired) electrons. The van der Waals surface area contributed by atoms with E-state index < -0.39 is 0 Å². The molecular formula is C17H21BrN8. The SMILES string of the molecule is CC(C)n1c(Br)nc2c(-c3cnc(N)nc3)nc(N3CCCCC3)nc21. The molecule has 4 heterocycles. The standard InChI is InChI=1S/C17H21BrN8/c1-10(2)26-14-13(22-15(26)18)12(11-8-20-16(19)21-9-11)23-17(24-14)25-6-4-3-5-7-25/h8-10H,3-7H2,1-2H3,(H2,19,20,21). The molecule has 9 heteroatoms. The molecule has 0 atom stereocenters. The Kier molecular flexibility index (Phi) is 4.47. The van der Waals surface area contributed by atoms with E-state index in [4.69, 9.17) is 15.7 Å². The largest absolute Gasteiger partial charge is 0.368 e. The summed E-state index contributed by atoms with van der Waals surface area (Å²) in [5.41, 5.74) is 8.71. The number of fused-ring (bicyclic) bond motifs is 1. The van der Waals surface area contributed by atoms with E-state index in [2.05, 4.69) is 54.2 Å². The van der Waals surface area contributed by atoms with Crippen molar-refractivity contribution in [1.29, 1.82) is 0 Å². The molecule has 0 saturated carbocycles. The Morgan fingerprint density at radius 1 is 1.04 bits per heavy atom. The minimum Gasteiger partial charge on any atom is -0.368 e. The first-order valence-corrected chi connectivity index (χ1v) is 9.62. The maximum Gasteiger partial charge on any atom is 0.228 e. The number of nitrogen functional groups attached to an aromatic ring is 1. The maximum atomic E-state index is 5.64. The molecule has 0 bridgehead atoms. The van der Waals surface area contributed by atoms with Crippen LogP contribution >= 0.6 is 15.9 Å². The predicted molar refractivity (Wildman–Crippen MR) is 105 cm³/mol. The summed E-state index contributed by atoms with van der Waals surface area (Å²) in [6, 6.07) is 0.217. The van der Waals surface area contributed by atoms with Crippen molar-refractivity contribution in [3.05, 3.63) is 17.1 Å². The van der Waals surface area contributed by atoms with Gasteiger partial charge in [-0.25, -0.2) is 19.9 Å². The molecule has 1 aliphatic rings. The van der Waals surface area contributed by atoms with Crippen molar-refractivity contribution in [3.8, 4) is 11.3 Å². The fourth-order valence-corrected chi connectivity index (χ4v) is 4.05. The number of halogens is 1. The lowest BCUT2D eigenvalue weighted by molar-refractivity contribution is 0.566. The van der Waals surface area contributed by atoms with Gasteiger partial charge >= 0.3 is 0 Å². The van der Waals surface area contributed by atoms with Gasteiger partial charge in [-0.1, -0.05) is 0 Å². The summed E-state index contributed by atoms with van der Waals surface area (Å²) >= 11 is 3.57. The van der Waals surface area contributed by atoms with Gasteiger partial charge in [0.2, 0.25) is 11.9 Å². The van der Waals surface area contributed by atoms with E-state index in [1.807, 2.05) is 0 Å². The number of aromatic nitrogens is 6. The number of hydrogen-bond acceptors (Lipinski definition) is 7. The average molecular weight is 417 g/mol. The molecular weight excluding hydrogens is 396 g/mol. The van der Waals surface area contributed by atoms with Crippen molar-refractivity contribution in [3.63, 3.8) is 0 Å². The normalized spacial score (nSPS) is 15.2. The molecule has 2 N–H and O–H groups in total. The Morgan fingerprint density at radius 3 is 2.38 bits per heavy atom. The second-order valence-corrected chi connectivity index (χ2v) is 7.48. The third-order valence-corrected chi connectivity index (χ3v) is 5.14. The van der Waals surface area contributed by atoms with E-state index in [9.17, 15) is 0 Å². The van der Waals surface area contributed by atoms with E-state index in [-0.39, 0.29) is 12.0 Å². The molecule has 4 rings (SSSR count). The quantitative estimate of drug-likeness (QED) is 0.654. The summed E-state index contributed by atoms with van der Waals surface area (Å²) in [6.07, 6.45) is 6.95. The van der Waals surface area contributed by atoms with Gasteiger partial charge in [-0.2, -0.15) is 4.98 Å². The van der Waals surface area contributed by atoms with E-state index in [1.165, 1.54) is 6.42 Å². The summed E-state index contributed by atoms with van der Waals surface area (Å²) in [7, 11) is 0. The molecule has 0 amide bonds. The topological polar surface area (TPSA) is 98.6 Å². The van der Waals surface area contributed by atoms with Crippen LogP contribution in [0.4, 0.5) is 11.9 Å². The van der Waals surface area contributed by atoms with Crippen LogP contribution in [0.5, 0.6) is 0 Å². The van der Waals surface area contributed by atoms with Crippen LogP contribution in [0, 0.1) is 0 Å². The van der Waals surface area contributed by atoms with E-state index in [0.717, 1.165) is 59.0 Å². The third kappa shape index (κ3) is 3.00. The van der Waals surface area contributed by atoms with Gasteiger partial charge in [-0.15, -0.1) is 0 Å². The fraction of sp³-hybridized carbons (Fsp3) is 0.471. The highest BCUT2D eigenvalue weighted by Gasteiger charge is 2.22. The molecule has 3 aromatic heterocycles. The smallest absolute Gasteiger partial charge is 0.228 e. The molecule has 3 aromatic rings. The molecule has 1 saturated heterocycles. The highest BCUT2D eigenvalue weighted by atomic mass is 79.9. The van der Waals surface area contributed by atoms with Gasteiger partial charge in [0.15, 0.2) is 10.4 Å². The molecule has 136 valence electrons. The van der Waals surface area contributed by atoms with Crippen LogP contribution in [0.2, 0.25) is 0 Å². The minimum absolute atomic E-state index is 0.217. The number of anilines is 2. The number of piperidine rings is 1. The maximum absolute atomic E-state index is 5.64.